The average molecular weight is 231 g/mol. The van der Waals surface area contributed by atoms with Gasteiger partial charge < -0.3 is 9.40 Å². The van der Waals surface area contributed by atoms with Gasteiger partial charge in [0.2, 0.25) is 0 Å². The van der Waals surface area contributed by atoms with Crippen molar-refractivity contribution in [1.29, 1.82) is 0 Å². The molecule has 14 heavy (non-hydrogen) atoms. The maximum atomic E-state index is 6.10. The number of rotatable bonds is 3. The van der Waals surface area contributed by atoms with E-state index in [1.807, 2.05) is 0 Å². The lowest BCUT2D eigenvalue weighted by atomic mass is 10.2. The minimum absolute atomic E-state index is 0.242. The summed E-state index contributed by atoms with van der Waals surface area (Å²) in [7, 11) is 0. The summed E-state index contributed by atoms with van der Waals surface area (Å²) in [5.74, 6) is 1.49. The molecule has 2 aromatic heterocycles. The van der Waals surface area contributed by atoms with Crippen molar-refractivity contribution in [1.82, 2.24) is 9.97 Å². The molecule has 0 bridgehead atoms. The highest BCUT2D eigenvalue weighted by Gasteiger charge is 2.14. The summed E-state index contributed by atoms with van der Waals surface area (Å²) in [5, 5.41) is 0.110. The van der Waals surface area contributed by atoms with E-state index in [0.29, 0.717) is 17.4 Å². The predicted octanol–water partition coefficient (Wildman–Crippen LogP) is 3.18. The monoisotopic (exact) mass is 230 g/mol. The third-order valence-electron chi connectivity index (χ3n) is 1.83. The van der Waals surface area contributed by atoms with Gasteiger partial charge in [-0.1, -0.05) is 0 Å². The van der Waals surface area contributed by atoms with Gasteiger partial charge in [-0.05, 0) is 23.7 Å². The van der Waals surface area contributed by atoms with Gasteiger partial charge in [-0.3, -0.25) is 0 Å². The molecule has 0 aliphatic carbocycles. The van der Waals surface area contributed by atoms with E-state index in [1.54, 1.807) is 24.5 Å². The van der Waals surface area contributed by atoms with Crippen LogP contribution in [-0.4, -0.2) is 9.97 Å². The smallest absolute Gasteiger partial charge is 0.193 e. The van der Waals surface area contributed by atoms with Crippen LogP contribution in [0.25, 0.3) is 0 Å². The second-order valence-electron chi connectivity index (χ2n) is 2.85. The number of nitrogens with one attached hydrogen (secondary N) is 1. The van der Waals surface area contributed by atoms with Gasteiger partial charge in [0.25, 0.3) is 0 Å². The zero-order valence-electron chi connectivity index (χ0n) is 7.21. The molecule has 2 heterocycles. The molecule has 1 atom stereocenters. The second kappa shape index (κ2) is 4.07. The molecule has 0 fully saturated rings. The van der Waals surface area contributed by atoms with E-state index < -0.39 is 0 Å². The van der Waals surface area contributed by atoms with Crippen LogP contribution < -0.4 is 0 Å². The van der Waals surface area contributed by atoms with Crippen molar-refractivity contribution < 1.29 is 4.42 Å². The van der Waals surface area contributed by atoms with Gasteiger partial charge in [0, 0.05) is 18.8 Å². The van der Waals surface area contributed by atoms with Gasteiger partial charge in [0.1, 0.15) is 11.6 Å². The van der Waals surface area contributed by atoms with Gasteiger partial charge in [0.05, 0.1) is 5.38 Å². The number of hydrogen-bond donors (Lipinski definition) is 1. The highest BCUT2D eigenvalue weighted by molar-refractivity contribution is 6.29. The fraction of sp³-hybridized carbons (Fsp3) is 0.222. The van der Waals surface area contributed by atoms with E-state index in [9.17, 15) is 0 Å². The topological polar surface area (TPSA) is 41.8 Å². The van der Waals surface area contributed by atoms with Crippen LogP contribution >= 0.6 is 23.2 Å². The van der Waals surface area contributed by atoms with Gasteiger partial charge >= 0.3 is 0 Å². The highest BCUT2D eigenvalue weighted by atomic mass is 35.5. The van der Waals surface area contributed by atoms with Gasteiger partial charge in [-0.2, -0.15) is 0 Å². The number of alkyl halides is 1. The molecular weight excluding hydrogens is 223 g/mol. The molecule has 0 saturated heterocycles. The molecule has 0 aliphatic rings. The molecule has 0 aromatic carbocycles. The zero-order chi connectivity index (χ0) is 9.97. The fourth-order valence-corrected chi connectivity index (χ4v) is 1.59. The lowest BCUT2D eigenvalue weighted by Gasteiger charge is -2.02. The van der Waals surface area contributed by atoms with Crippen LogP contribution in [0.3, 0.4) is 0 Å². The van der Waals surface area contributed by atoms with E-state index in [4.69, 9.17) is 27.6 Å². The molecule has 2 aromatic rings. The number of imidazole rings is 1. The summed E-state index contributed by atoms with van der Waals surface area (Å²) in [4.78, 5) is 7.05. The third kappa shape index (κ3) is 2.11. The molecule has 0 amide bonds. The van der Waals surface area contributed by atoms with Crippen molar-refractivity contribution in [3.05, 3.63) is 41.3 Å². The first-order chi connectivity index (χ1) is 6.75. The normalized spacial score (nSPS) is 13.0. The van der Waals surface area contributed by atoms with Crippen LogP contribution in [0.2, 0.25) is 5.22 Å². The summed E-state index contributed by atoms with van der Waals surface area (Å²) in [6, 6.07) is 3.44. The Morgan fingerprint density at radius 1 is 1.50 bits per heavy atom. The standard InChI is InChI=1S/C9H8Cl2N2O/c10-6(5-9-12-3-4-13-9)7-1-2-8(11)14-7/h1-4,6H,5H2,(H,12,13). The Kier molecular flexibility index (Phi) is 2.79. The first kappa shape index (κ1) is 9.62. The summed E-state index contributed by atoms with van der Waals surface area (Å²) in [6.07, 6.45) is 4.04. The molecule has 1 N–H and O–H groups in total. The number of nitrogens with zero attached hydrogens (tertiary/aromatic N) is 1. The largest absolute Gasteiger partial charge is 0.448 e. The first-order valence-corrected chi connectivity index (χ1v) is 4.94. The quantitative estimate of drug-likeness (QED) is 0.824. The Morgan fingerprint density at radius 3 is 2.93 bits per heavy atom. The molecule has 2 rings (SSSR count). The molecule has 74 valence electrons. The number of H-pyrrole nitrogens is 1. The van der Waals surface area contributed by atoms with Crippen molar-refractivity contribution in [2.45, 2.75) is 11.8 Å². The Hall–Kier alpha value is -0.930. The summed E-state index contributed by atoms with van der Waals surface area (Å²) in [6.45, 7) is 0. The third-order valence-corrected chi connectivity index (χ3v) is 2.40. The molecule has 0 spiro atoms. The van der Waals surface area contributed by atoms with Crippen LogP contribution in [0.4, 0.5) is 0 Å². The number of aromatic nitrogens is 2. The molecule has 0 radical (unpaired) electrons. The van der Waals surface area contributed by atoms with Gasteiger partial charge in [0.15, 0.2) is 5.22 Å². The molecule has 0 saturated carbocycles. The van der Waals surface area contributed by atoms with E-state index >= 15 is 0 Å². The fourth-order valence-electron chi connectivity index (χ4n) is 1.18. The lowest BCUT2D eigenvalue weighted by molar-refractivity contribution is 0.502. The minimum atomic E-state index is -0.242. The summed E-state index contributed by atoms with van der Waals surface area (Å²) in [5.41, 5.74) is 0. The maximum absolute atomic E-state index is 6.10. The molecular formula is C9H8Cl2N2O. The number of furan rings is 1. The van der Waals surface area contributed by atoms with E-state index in [-0.39, 0.29) is 5.38 Å². The summed E-state index contributed by atoms with van der Waals surface area (Å²) >= 11 is 11.7. The van der Waals surface area contributed by atoms with Gasteiger partial charge in [-0.25, -0.2) is 4.98 Å². The minimum Gasteiger partial charge on any atom is -0.448 e. The number of hydrogen-bond acceptors (Lipinski definition) is 2. The van der Waals surface area contributed by atoms with E-state index in [1.165, 1.54) is 0 Å². The molecule has 0 aliphatic heterocycles. The zero-order valence-corrected chi connectivity index (χ0v) is 8.72. The molecule has 5 heteroatoms. The van der Waals surface area contributed by atoms with E-state index in [0.717, 1.165) is 5.82 Å². The first-order valence-electron chi connectivity index (χ1n) is 4.13. The number of aromatic amines is 1. The van der Waals surface area contributed by atoms with Crippen LogP contribution in [-0.2, 0) is 6.42 Å². The lowest BCUT2D eigenvalue weighted by Crippen LogP contribution is -1.95. The van der Waals surface area contributed by atoms with Crippen molar-refractivity contribution in [3.8, 4) is 0 Å². The van der Waals surface area contributed by atoms with Crippen molar-refractivity contribution in [2.75, 3.05) is 0 Å². The Balaban J connectivity index is 2.06. The predicted molar refractivity (Wildman–Crippen MR) is 54.6 cm³/mol. The van der Waals surface area contributed by atoms with Gasteiger partial charge in [-0.15, -0.1) is 11.6 Å². The van der Waals surface area contributed by atoms with Crippen molar-refractivity contribution in [2.24, 2.45) is 0 Å². The Bertz CT molecular complexity index is 397. The van der Waals surface area contributed by atoms with E-state index in [2.05, 4.69) is 9.97 Å². The maximum Gasteiger partial charge on any atom is 0.193 e. The van der Waals surface area contributed by atoms with Crippen LogP contribution in [0.15, 0.2) is 28.9 Å². The molecule has 1 unspecified atom stereocenters. The Morgan fingerprint density at radius 2 is 2.36 bits per heavy atom. The second-order valence-corrected chi connectivity index (χ2v) is 3.75. The highest BCUT2D eigenvalue weighted by Crippen LogP contribution is 2.27. The Labute approximate surface area is 91.0 Å². The average Bonchev–Trinajstić information content (AvgIpc) is 2.75. The van der Waals surface area contributed by atoms with Crippen molar-refractivity contribution in [3.63, 3.8) is 0 Å². The SMILES string of the molecule is Clc1ccc(C(Cl)Cc2ncc[nH]2)o1. The van der Waals surface area contributed by atoms with Crippen LogP contribution in [0.1, 0.15) is 17.0 Å². The van der Waals surface area contributed by atoms with Crippen molar-refractivity contribution >= 4 is 23.2 Å². The van der Waals surface area contributed by atoms with Crippen LogP contribution in [0.5, 0.6) is 0 Å². The number of halogens is 2. The van der Waals surface area contributed by atoms with Crippen LogP contribution in [0, 0.1) is 0 Å². The molecule has 3 nitrogen and oxygen atoms in total. The summed E-state index contributed by atoms with van der Waals surface area (Å²) < 4.78 is 5.19.